The standard InChI is InChI=1S/C6H12ClN.C4H10ClN.2ClH/c7-3-6-8-4-1-2-5-8;1-6(2)4-3-5;;/h1-6H2;3-4H2,1-2H3;2*1H. The van der Waals surface area contributed by atoms with E-state index >= 15 is 0 Å². The summed E-state index contributed by atoms with van der Waals surface area (Å²) < 4.78 is 0. The molecule has 16 heavy (non-hydrogen) atoms. The van der Waals surface area contributed by atoms with E-state index < -0.39 is 0 Å². The highest BCUT2D eigenvalue weighted by Crippen LogP contribution is 2.05. The highest BCUT2D eigenvalue weighted by Gasteiger charge is 2.08. The van der Waals surface area contributed by atoms with E-state index in [0.717, 1.165) is 24.8 Å². The Morgan fingerprint density at radius 3 is 1.75 bits per heavy atom. The summed E-state index contributed by atoms with van der Waals surface area (Å²) in [6, 6.07) is 0. The lowest BCUT2D eigenvalue weighted by atomic mass is 10.4. The largest absolute Gasteiger partial charge is 0.308 e. The summed E-state index contributed by atoms with van der Waals surface area (Å²) in [6.07, 6.45) is 2.74. The molecule has 1 fully saturated rings. The summed E-state index contributed by atoms with van der Waals surface area (Å²) in [6.45, 7) is 4.60. The Labute approximate surface area is 122 Å². The van der Waals surface area contributed by atoms with Gasteiger partial charge >= 0.3 is 0 Å². The monoisotopic (exact) mass is 312 g/mol. The summed E-state index contributed by atoms with van der Waals surface area (Å²) >= 11 is 10.9. The molecule has 102 valence electrons. The molecule has 0 amide bonds. The fourth-order valence-corrected chi connectivity index (χ4v) is 1.87. The summed E-state index contributed by atoms with van der Waals surface area (Å²) in [5, 5.41) is 0. The van der Waals surface area contributed by atoms with Gasteiger partial charge in [0.05, 0.1) is 0 Å². The highest BCUT2D eigenvalue weighted by molar-refractivity contribution is 6.18. The third-order valence-electron chi connectivity index (χ3n) is 2.13. The first kappa shape index (κ1) is 22.3. The van der Waals surface area contributed by atoms with Crippen LogP contribution in [-0.4, -0.2) is 61.8 Å². The topological polar surface area (TPSA) is 6.48 Å². The van der Waals surface area contributed by atoms with Gasteiger partial charge in [0.25, 0.3) is 0 Å². The van der Waals surface area contributed by atoms with E-state index in [-0.39, 0.29) is 24.8 Å². The molecule has 0 atom stereocenters. The quantitative estimate of drug-likeness (QED) is 0.736. The van der Waals surface area contributed by atoms with Gasteiger partial charge in [0.1, 0.15) is 0 Å². The van der Waals surface area contributed by atoms with Gasteiger partial charge in [-0.3, -0.25) is 0 Å². The molecule has 0 aromatic rings. The molecule has 2 nitrogen and oxygen atoms in total. The van der Waals surface area contributed by atoms with E-state index in [2.05, 4.69) is 4.90 Å². The van der Waals surface area contributed by atoms with Crippen molar-refractivity contribution in [3.63, 3.8) is 0 Å². The van der Waals surface area contributed by atoms with E-state index in [1.54, 1.807) is 0 Å². The second-order valence-corrected chi connectivity index (χ2v) is 4.49. The minimum atomic E-state index is 0. The fourth-order valence-electron chi connectivity index (χ4n) is 1.29. The first-order chi connectivity index (χ1) is 6.70. The zero-order valence-electron chi connectivity index (χ0n) is 10.1. The Hall–Kier alpha value is 1.08. The van der Waals surface area contributed by atoms with Crippen LogP contribution < -0.4 is 0 Å². The predicted octanol–water partition coefficient (Wildman–Crippen LogP) is 2.95. The van der Waals surface area contributed by atoms with Crippen molar-refractivity contribution < 1.29 is 0 Å². The lowest BCUT2D eigenvalue weighted by Gasteiger charge is -2.10. The van der Waals surface area contributed by atoms with Gasteiger partial charge < -0.3 is 9.80 Å². The second kappa shape index (κ2) is 16.1. The Kier molecular flexibility index (Phi) is 22.4. The van der Waals surface area contributed by atoms with Crippen LogP contribution in [-0.2, 0) is 0 Å². The van der Waals surface area contributed by atoms with Crippen molar-refractivity contribution >= 4 is 48.0 Å². The van der Waals surface area contributed by atoms with Crippen molar-refractivity contribution in [3.8, 4) is 0 Å². The molecule has 6 heteroatoms. The molecule has 1 aliphatic heterocycles. The van der Waals surface area contributed by atoms with E-state index in [0.29, 0.717) is 0 Å². The maximum atomic E-state index is 5.54. The average molecular weight is 314 g/mol. The zero-order valence-corrected chi connectivity index (χ0v) is 13.3. The minimum Gasteiger partial charge on any atom is -0.308 e. The molecule has 1 rings (SSSR count). The van der Waals surface area contributed by atoms with Gasteiger partial charge in [0.2, 0.25) is 0 Å². The number of hydrogen-bond acceptors (Lipinski definition) is 2. The summed E-state index contributed by atoms with van der Waals surface area (Å²) in [7, 11) is 4.00. The van der Waals surface area contributed by atoms with Crippen LogP contribution in [0.1, 0.15) is 12.8 Å². The molecule has 0 aliphatic carbocycles. The molecular weight excluding hydrogens is 290 g/mol. The van der Waals surface area contributed by atoms with Gasteiger partial charge in [-0.15, -0.1) is 48.0 Å². The van der Waals surface area contributed by atoms with E-state index in [1.165, 1.54) is 25.9 Å². The lowest BCUT2D eigenvalue weighted by molar-refractivity contribution is 0.361. The van der Waals surface area contributed by atoms with Crippen LogP contribution in [0.25, 0.3) is 0 Å². The van der Waals surface area contributed by atoms with Crippen LogP contribution in [0.5, 0.6) is 0 Å². The molecule has 1 heterocycles. The third-order valence-corrected chi connectivity index (χ3v) is 2.47. The molecule has 0 bridgehead atoms. The van der Waals surface area contributed by atoms with Crippen molar-refractivity contribution in [1.82, 2.24) is 9.80 Å². The van der Waals surface area contributed by atoms with Crippen LogP contribution in [0.3, 0.4) is 0 Å². The number of likely N-dealkylation sites (tertiary alicyclic amines) is 1. The first-order valence-corrected chi connectivity index (χ1v) is 6.26. The SMILES string of the molecule is CN(C)CCCl.Cl.Cl.ClCCN1CCCC1. The molecule has 0 aromatic carbocycles. The molecule has 1 saturated heterocycles. The van der Waals surface area contributed by atoms with Gasteiger partial charge in [-0.25, -0.2) is 0 Å². The maximum Gasteiger partial charge on any atom is 0.0351 e. The Balaban J connectivity index is -0.000000195. The van der Waals surface area contributed by atoms with Crippen LogP contribution in [0.2, 0.25) is 0 Å². The molecule has 1 aliphatic rings. The summed E-state index contributed by atoms with van der Waals surface area (Å²) in [4.78, 5) is 4.46. The molecule has 0 unspecified atom stereocenters. The Morgan fingerprint density at radius 1 is 1.00 bits per heavy atom. The highest BCUT2D eigenvalue weighted by atomic mass is 35.5. The minimum absolute atomic E-state index is 0. The normalized spacial score (nSPS) is 14.8. The fraction of sp³-hybridized carbons (Fsp3) is 1.00. The van der Waals surface area contributed by atoms with Crippen molar-refractivity contribution in [2.24, 2.45) is 0 Å². The third kappa shape index (κ3) is 15.1. The number of nitrogens with zero attached hydrogens (tertiary/aromatic N) is 2. The predicted molar refractivity (Wildman–Crippen MR) is 80.2 cm³/mol. The second-order valence-electron chi connectivity index (χ2n) is 3.73. The van der Waals surface area contributed by atoms with E-state index in [9.17, 15) is 0 Å². The van der Waals surface area contributed by atoms with Crippen molar-refractivity contribution in [1.29, 1.82) is 0 Å². The number of halogens is 4. The van der Waals surface area contributed by atoms with Gasteiger partial charge in [-0.1, -0.05) is 0 Å². The number of rotatable bonds is 4. The van der Waals surface area contributed by atoms with Crippen molar-refractivity contribution in [2.75, 3.05) is 52.0 Å². The summed E-state index contributed by atoms with van der Waals surface area (Å²) in [5.41, 5.74) is 0. The number of hydrogen-bond donors (Lipinski definition) is 0. The van der Waals surface area contributed by atoms with Crippen molar-refractivity contribution in [2.45, 2.75) is 12.8 Å². The average Bonchev–Trinajstić information content (AvgIpc) is 2.58. The lowest BCUT2D eigenvalue weighted by Crippen LogP contribution is -2.21. The van der Waals surface area contributed by atoms with Gasteiger partial charge in [-0.2, -0.15) is 0 Å². The first-order valence-electron chi connectivity index (χ1n) is 5.19. The van der Waals surface area contributed by atoms with Gasteiger partial charge in [-0.05, 0) is 40.0 Å². The summed E-state index contributed by atoms with van der Waals surface area (Å²) in [5.74, 6) is 1.52. The number of alkyl halides is 2. The van der Waals surface area contributed by atoms with Crippen LogP contribution in [0.15, 0.2) is 0 Å². The van der Waals surface area contributed by atoms with Gasteiger partial charge in [0.15, 0.2) is 0 Å². The Bertz CT molecular complexity index is 119. The van der Waals surface area contributed by atoms with E-state index in [1.807, 2.05) is 19.0 Å². The zero-order chi connectivity index (χ0) is 10.8. The van der Waals surface area contributed by atoms with Crippen LogP contribution in [0.4, 0.5) is 0 Å². The van der Waals surface area contributed by atoms with Crippen LogP contribution >= 0.6 is 48.0 Å². The van der Waals surface area contributed by atoms with Gasteiger partial charge in [0, 0.05) is 24.8 Å². The molecule has 0 spiro atoms. The molecule has 0 saturated carbocycles. The Morgan fingerprint density at radius 2 is 1.50 bits per heavy atom. The van der Waals surface area contributed by atoms with Crippen molar-refractivity contribution in [3.05, 3.63) is 0 Å². The van der Waals surface area contributed by atoms with Crippen LogP contribution in [0, 0.1) is 0 Å². The molecule has 0 radical (unpaired) electrons. The molecule has 0 N–H and O–H groups in total. The smallest absolute Gasteiger partial charge is 0.0351 e. The maximum absolute atomic E-state index is 5.54. The van der Waals surface area contributed by atoms with E-state index in [4.69, 9.17) is 23.2 Å². The molecule has 0 aromatic heterocycles. The molecular formula is C10H24Cl4N2.